The maximum absolute atomic E-state index is 12.9. The van der Waals surface area contributed by atoms with Gasteiger partial charge in [0.15, 0.2) is 5.13 Å². The lowest BCUT2D eigenvalue weighted by molar-refractivity contribution is -0.137. The Morgan fingerprint density at radius 1 is 1.10 bits per heavy atom. The number of benzene rings is 3. The molecular weight excluding hydrogens is 755 g/mol. The Labute approximate surface area is 254 Å². The first kappa shape index (κ1) is 29.3. The van der Waals surface area contributed by atoms with E-state index in [0.29, 0.717) is 17.4 Å². The Morgan fingerprint density at radius 3 is 2.51 bits per heavy atom. The molecule has 0 fully saturated rings. The summed E-state index contributed by atoms with van der Waals surface area (Å²) >= 11 is 5.61. The quantitative estimate of drug-likeness (QED) is 0.104. The molecule has 0 unspecified atom stereocenters. The molecule has 0 saturated carbocycles. The smallest absolute Gasteiger partial charge is 0.416 e. The fourth-order valence-corrected chi connectivity index (χ4v) is 6.22. The average molecular weight is 776 g/mol. The zero-order valence-electron chi connectivity index (χ0n) is 20.4. The second kappa shape index (κ2) is 13.1. The van der Waals surface area contributed by atoms with Crippen molar-refractivity contribution in [1.82, 2.24) is 10.4 Å². The molecule has 0 atom stereocenters. The van der Waals surface area contributed by atoms with Crippen molar-refractivity contribution in [3.8, 4) is 5.75 Å². The molecule has 0 saturated heterocycles. The van der Waals surface area contributed by atoms with Crippen LogP contribution in [0.25, 0.3) is 0 Å². The molecule has 2 N–H and O–H groups in total. The van der Waals surface area contributed by atoms with Gasteiger partial charge in [-0.2, -0.15) is 18.3 Å². The third kappa shape index (κ3) is 8.63. The Kier molecular flexibility index (Phi) is 9.82. The highest BCUT2D eigenvalue weighted by Crippen LogP contribution is 2.32. The van der Waals surface area contributed by atoms with Gasteiger partial charge in [-0.1, -0.05) is 35.9 Å². The van der Waals surface area contributed by atoms with Crippen LogP contribution in [0.3, 0.4) is 0 Å². The molecule has 6 nitrogen and oxygen atoms in total. The lowest BCUT2D eigenvalue weighted by Crippen LogP contribution is -2.20. The summed E-state index contributed by atoms with van der Waals surface area (Å²) in [5.41, 5.74) is 5.54. The molecule has 0 spiro atoms. The second-order valence-corrected chi connectivity index (χ2v) is 11.6. The minimum Gasteiger partial charge on any atom is -0.487 e. The molecule has 0 aliphatic carbocycles. The van der Waals surface area contributed by atoms with E-state index in [4.69, 9.17) is 4.74 Å². The molecule has 39 heavy (non-hydrogen) atoms. The van der Waals surface area contributed by atoms with Crippen LogP contribution in [0, 0.1) is 14.1 Å². The summed E-state index contributed by atoms with van der Waals surface area (Å²) in [6, 6.07) is 16.8. The first-order valence-electron chi connectivity index (χ1n) is 11.4. The van der Waals surface area contributed by atoms with Crippen LogP contribution in [-0.4, -0.2) is 17.1 Å². The summed E-state index contributed by atoms with van der Waals surface area (Å²) in [6.45, 7) is 2.50. The number of hydrogen-bond donors (Lipinski definition) is 2. The highest BCUT2D eigenvalue weighted by atomic mass is 127. The SMILES string of the molecule is Cc1ccc(COc2c(I)cc(/C=N\NC(=O)Cc3csc(Nc4cccc(C(F)(F)F)c4)n3)cc2I)cc1. The lowest BCUT2D eigenvalue weighted by atomic mass is 10.2. The summed E-state index contributed by atoms with van der Waals surface area (Å²) in [5, 5.41) is 8.93. The summed E-state index contributed by atoms with van der Waals surface area (Å²) in [6.07, 6.45) is -2.91. The number of aromatic nitrogens is 1. The summed E-state index contributed by atoms with van der Waals surface area (Å²) in [5.74, 6) is 0.417. The number of thiazole rings is 1. The monoisotopic (exact) mass is 776 g/mol. The minimum atomic E-state index is -4.43. The maximum atomic E-state index is 12.9. The fraction of sp³-hybridized carbons (Fsp3) is 0.148. The Hall–Kier alpha value is -2.72. The largest absolute Gasteiger partial charge is 0.487 e. The third-order valence-corrected chi connectivity index (χ3v) is 7.67. The van der Waals surface area contributed by atoms with Gasteiger partial charge in [-0.05, 0) is 93.6 Å². The number of hydrogen-bond acceptors (Lipinski definition) is 6. The lowest BCUT2D eigenvalue weighted by Gasteiger charge is -2.11. The van der Waals surface area contributed by atoms with Crippen molar-refractivity contribution in [2.75, 3.05) is 5.32 Å². The number of halogens is 5. The first-order valence-corrected chi connectivity index (χ1v) is 14.5. The zero-order chi connectivity index (χ0) is 28.0. The number of anilines is 2. The molecule has 3 aromatic carbocycles. The van der Waals surface area contributed by atoms with Crippen molar-refractivity contribution >= 4 is 79.5 Å². The standard InChI is InChI=1S/C27H21F3I2N4O2S/c1-16-5-7-17(8-6-16)14-38-25-22(31)9-18(10-23(25)32)13-33-36-24(37)12-21-15-39-26(35-21)34-20-4-2-3-19(11-20)27(28,29)30/h2-11,13,15H,12,14H2,1H3,(H,34,35)(H,36,37)/b33-13-. The number of hydrazone groups is 1. The molecule has 0 aliphatic rings. The van der Waals surface area contributed by atoms with Crippen molar-refractivity contribution < 1.29 is 22.7 Å². The van der Waals surface area contributed by atoms with Gasteiger partial charge in [0.2, 0.25) is 5.91 Å². The van der Waals surface area contributed by atoms with Crippen LogP contribution in [0.15, 0.2) is 71.1 Å². The van der Waals surface area contributed by atoms with Gasteiger partial charge in [0, 0.05) is 11.1 Å². The van der Waals surface area contributed by atoms with Crippen LogP contribution < -0.4 is 15.5 Å². The Bertz CT molecular complexity index is 1470. The van der Waals surface area contributed by atoms with E-state index in [1.54, 1.807) is 11.6 Å². The summed E-state index contributed by atoms with van der Waals surface area (Å²) in [4.78, 5) is 16.6. The number of rotatable bonds is 9. The molecule has 12 heteroatoms. The van der Waals surface area contributed by atoms with Crippen LogP contribution >= 0.6 is 56.5 Å². The number of ether oxygens (including phenoxy) is 1. The predicted octanol–water partition coefficient (Wildman–Crippen LogP) is 7.69. The van der Waals surface area contributed by atoms with Crippen molar-refractivity contribution in [2.24, 2.45) is 5.10 Å². The summed E-state index contributed by atoms with van der Waals surface area (Å²) in [7, 11) is 0. The number of aryl methyl sites for hydroxylation is 1. The van der Waals surface area contributed by atoms with Crippen LogP contribution in [0.1, 0.15) is 27.9 Å². The van der Waals surface area contributed by atoms with E-state index in [1.807, 2.05) is 43.3 Å². The third-order valence-electron chi connectivity index (χ3n) is 5.26. The van der Waals surface area contributed by atoms with Gasteiger partial charge in [0.1, 0.15) is 12.4 Å². The fourth-order valence-electron chi connectivity index (χ4n) is 3.36. The van der Waals surface area contributed by atoms with Gasteiger partial charge in [-0.15, -0.1) is 11.3 Å². The Morgan fingerprint density at radius 2 is 1.82 bits per heavy atom. The molecule has 0 radical (unpaired) electrons. The number of carbonyl (C=O) groups excluding carboxylic acids is 1. The van der Waals surface area contributed by atoms with Gasteiger partial charge in [0.25, 0.3) is 0 Å². The number of nitrogens with zero attached hydrogens (tertiary/aromatic N) is 2. The van der Waals surface area contributed by atoms with Crippen molar-refractivity contribution in [3.05, 3.63) is 101 Å². The molecule has 1 aromatic heterocycles. The number of carbonyl (C=O) groups is 1. The number of alkyl halides is 3. The average Bonchev–Trinajstić information content (AvgIpc) is 3.30. The van der Waals surface area contributed by atoms with Gasteiger partial charge in [-0.25, -0.2) is 10.4 Å². The number of nitrogens with one attached hydrogen (secondary N) is 2. The van der Waals surface area contributed by atoms with Gasteiger partial charge < -0.3 is 10.1 Å². The zero-order valence-corrected chi connectivity index (χ0v) is 25.5. The van der Waals surface area contributed by atoms with Gasteiger partial charge in [0.05, 0.1) is 31.0 Å². The molecule has 1 amide bonds. The van der Waals surface area contributed by atoms with E-state index in [-0.39, 0.29) is 18.0 Å². The second-order valence-electron chi connectivity index (χ2n) is 8.41. The van der Waals surface area contributed by atoms with Gasteiger partial charge in [-0.3, -0.25) is 4.79 Å². The first-order chi connectivity index (χ1) is 18.6. The van der Waals surface area contributed by atoms with Crippen LogP contribution in [0.2, 0.25) is 0 Å². The minimum absolute atomic E-state index is 0.0288. The van der Waals surface area contributed by atoms with Crippen LogP contribution in [0.4, 0.5) is 24.0 Å². The summed E-state index contributed by atoms with van der Waals surface area (Å²) < 4.78 is 46.6. The van der Waals surface area contributed by atoms with E-state index in [2.05, 4.69) is 66.0 Å². The molecule has 1 heterocycles. The molecule has 4 aromatic rings. The van der Waals surface area contributed by atoms with Crippen molar-refractivity contribution in [1.29, 1.82) is 0 Å². The molecule has 202 valence electrons. The van der Waals surface area contributed by atoms with Crippen molar-refractivity contribution in [2.45, 2.75) is 26.1 Å². The van der Waals surface area contributed by atoms with E-state index in [1.165, 1.54) is 29.0 Å². The highest BCUT2D eigenvalue weighted by Gasteiger charge is 2.30. The van der Waals surface area contributed by atoms with E-state index >= 15 is 0 Å². The molecule has 4 rings (SSSR count). The van der Waals surface area contributed by atoms with E-state index in [9.17, 15) is 18.0 Å². The number of amides is 1. The maximum Gasteiger partial charge on any atom is 0.416 e. The van der Waals surface area contributed by atoms with E-state index < -0.39 is 11.7 Å². The van der Waals surface area contributed by atoms with Crippen molar-refractivity contribution in [3.63, 3.8) is 0 Å². The molecule has 0 bridgehead atoms. The molecule has 0 aliphatic heterocycles. The molecular formula is C27H21F3I2N4O2S. The highest BCUT2D eigenvalue weighted by molar-refractivity contribution is 14.1. The Balaban J connectivity index is 1.29. The normalized spacial score (nSPS) is 11.5. The van der Waals surface area contributed by atoms with E-state index in [0.717, 1.165) is 36.1 Å². The van der Waals surface area contributed by atoms with Crippen LogP contribution in [0.5, 0.6) is 5.75 Å². The van der Waals surface area contributed by atoms with Gasteiger partial charge >= 0.3 is 6.18 Å². The topological polar surface area (TPSA) is 75.6 Å². The predicted molar refractivity (Wildman–Crippen MR) is 164 cm³/mol. The van der Waals surface area contributed by atoms with Crippen LogP contribution in [-0.2, 0) is 24.0 Å².